The summed E-state index contributed by atoms with van der Waals surface area (Å²) in [6.45, 7) is 1.02. The van der Waals surface area contributed by atoms with Crippen LogP contribution >= 0.6 is 0 Å². The highest BCUT2D eigenvalue weighted by molar-refractivity contribution is 5.83. The first-order valence-electron chi connectivity index (χ1n) is 22.8. The lowest BCUT2D eigenvalue weighted by molar-refractivity contribution is -0.171. The van der Waals surface area contributed by atoms with Crippen molar-refractivity contribution in [3.8, 4) is 0 Å². The fourth-order valence-electron chi connectivity index (χ4n) is 6.39. The molecule has 0 aromatic rings. The van der Waals surface area contributed by atoms with Crippen LogP contribution < -0.4 is 0 Å². The molecule has 298 valence electrons. The highest BCUT2D eigenvalue weighted by atomic mass is 16.7. The Labute approximate surface area is 315 Å². The standard InChI is InChI=1S/C42H76O9/c1-4-7-10-13-16-19-22-25-28-31-36(44)48-34-35(43)39-40(49-37(45)32-29-26-23-20-17-14-11-8-5-2)41(42(47)51-39)50-38(46)33-30-27-24-21-18-15-12-9-6-3/h35,39-41,43H,4-34H2,1-3H3/t35-,39-,40+,41-/m1/s1/i1D,2D,3D. The number of unbranched alkanes of at least 4 members (excludes halogenated alkanes) is 24. The number of hydrogen-bond donors (Lipinski definition) is 1. The Morgan fingerprint density at radius 3 is 1.33 bits per heavy atom. The molecule has 1 fully saturated rings. The first kappa shape index (κ1) is 41.6. The minimum absolute atomic E-state index is 0.107. The van der Waals surface area contributed by atoms with Gasteiger partial charge >= 0.3 is 23.9 Å². The van der Waals surface area contributed by atoms with E-state index in [0.717, 1.165) is 141 Å². The molecule has 0 bridgehead atoms. The average molecular weight is 728 g/mol. The second kappa shape index (κ2) is 32.5. The van der Waals surface area contributed by atoms with E-state index in [4.69, 9.17) is 23.1 Å². The second-order valence-electron chi connectivity index (χ2n) is 14.3. The quantitative estimate of drug-likeness (QED) is 0.0386. The Morgan fingerprint density at radius 1 is 0.569 bits per heavy atom. The fourth-order valence-corrected chi connectivity index (χ4v) is 6.39. The number of aliphatic hydroxyl groups is 1. The highest BCUT2D eigenvalue weighted by Crippen LogP contribution is 2.27. The zero-order valence-electron chi connectivity index (χ0n) is 35.1. The lowest BCUT2D eigenvalue weighted by Crippen LogP contribution is -2.45. The van der Waals surface area contributed by atoms with Gasteiger partial charge < -0.3 is 24.1 Å². The molecule has 0 unspecified atom stereocenters. The van der Waals surface area contributed by atoms with Crippen molar-refractivity contribution in [2.45, 2.75) is 238 Å². The third kappa shape index (κ3) is 24.7. The molecule has 4 atom stereocenters. The molecule has 1 N–H and O–H groups in total. The van der Waals surface area contributed by atoms with E-state index in [1.54, 1.807) is 0 Å². The van der Waals surface area contributed by atoms with Crippen molar-refractivity contribution in [2.24, 2.45) is 0 Å². The van der Waals surface area contributed by atoms with Crippen molar-refractivity contribution in [3.05, 3.63) is 0 Å². The molecule has 1 heterocycles. The van der Waals surface area contributed by atoms with Crippen molar-refractivity contribution < 1.29 is 47.3 Å². The van der Waals surface area contributed by atoms with E-state index in [1.165, 1.54) is 12.8 Å². The van der Waals surface area contributed by atoms with Crippen LogP contribution in [0.15, 0.2) is 0 Å². The minimum atomic E-state index is -1.51. The normalized spacial score (nSPS) is 18.4. The van der Waals surface area contributed by atoms with Crippen molar-refractivity contribution in [1.82, 2.24) is 0 Å². The molecule has 9 heteroatoms. The van der Waals surface area contributed by atoms with Crippen molar-refractivity contribution >= 4 is 23.9 Å². The average Bonchev–Trinajstić information content (AvgIpc) is 3.46. The van der Waals surface area contributed by atoms with Crippen LogP contribution in [0.1, 0.15) is 217 Å². The first-order chi connectivity index (χ1) is 26.3. The van der Waals surface area contributed by atoms with Gasteiger partial charge in [-0.1, -0.05) is 175 Å². The zero-order valence-corrected chi connectivity index (χ0v) is 32.1. The van der Waals surface area contributed by atoms with Gasteiger partial charge in [-0.3, -0.25) is 14.4 Å². The number of hydrogen-bond acceptors (Lipinski definition) is 9. The van der Waals surface area contributed by atoms with Gasteiger partial charge in [-0.2, -0.15) is 0 Å². The van der Waals surface area contributed by atoms with Gasteiger partial charge in [0.1, 0.15) is 12.7 Å². The van der Waals surface area contributed by atoms with Crippen molar-refractivity contribution in [2.75, 3.05) is 6.61 Å². The summed E-state index contributed by atoms with van der Waals surface area (Å²) in [6.07, 6.45) is 22.0. The predicted molar refractivity (Wildman–Crippen MR) is 202 cm³/mol. The molecule has 0 amide bonds. The molecule has 1 aliphatic heterocycles. The van der Waals surface area contributed by atoms with Crippen LogP contribution in [0.4, 0.5) is 0 Å². The van der Waals surface area contributed by atoms with E-state index in [9.17, 15) is 24.3 Å². The maximum atomic E-state index is 12.9. The second-order valence-corrected chi connectivity index (χ2v) is 14.3. The van der Waals surface area contributed by atoms with Crippen LogP contribution in [0.5, 0.6) is 0 Å². The predicted octanol–water partition coefficient (Wildman–Crippen LogP) is 10.4. The molecule has 51 heavy (non-hydrogen) atoms. The molecular weight excluding hydrogens is 648 g/mol. The van der Waals surface area contributed by atoms with Gasteiger partial charge in [-0.15, -0.1) is 0 Å². The third-order valence-corrected chi connectivity index (χ3v) is 9.57. The summed E-state index contributed by atoms with van der Waals surface area (Å²) in [4.78, 5) is 51.0. The van der Waals surface area contributed by atoms with Gasteiger partial charge in [-0.25, -0.2) is 4.79 Å². The lowest BCUT2D eigenvalue weighted by atomic mass is 10.0. The number of cyclic esters (lactones) is 1. The molecular formula is C42H76O9. The molecule has 1 rings (SSSR count). The molecule has 0 aromatic heterocycles. The van der Waals surface area contributed by atoms with E-state index in [-0.39, 0.29) is 19.3 Å². The van der Waals surface area contributed by atoms with E-state index in [0.29, 0.717) is 40.0 Å². The summed E-state index contributed by atoms with van der Waals surface area (Å²) in [6, 6.07) is 0. The number of ether oxygens (including phenoxy) is 4. The maximum absolute atomic E-state index is 12.9. The number of carbonyl (C=O) groups is 4. The number of rotatable bonds is 35. The van der Waals surface area contributed by atoms with Crippen LogP contribution in [-0.4, -0.2) is 60.0 Å². The Bertz CT molecular complexity index is 954. The molecule has 0 spiro atoms. The van der Waals surface area contributed by atoms with E-state index in [1.807, 2.05) is 0 Å². The van der Waals surface area contributed by atoms with E-state index >= 15 is 0 Å². The van der Waals surface area contributed by atoms with Crippen LogP contribution in [0, 0.1) is 0 Å². The number of carbonyl (C=O) groups excluding carboxylic acids is 4. The smallest absolute Gasteiger partial charge is 0.352 e. The molecule has 0 aliphatic carbocycles. The molecule has 9 nitrogen and oxygen atoms in total. The van der Waals surface area contributed by atoms with Gasteiger partial charge in [0.05, 0.1) is 0 Å². The molecule has 0 aromatic carbocycles. The van der Waals surface area contributed by atoms with Crippen LogP contribution in [0.25, 0.3) is 0 Å². The van der Waals surface area contributed by atoms with Gasteiger partial charge in [0, 0.05) is 23.4 Å². The molecule has 1 aliphatic rings. The largest absolute Gasteiger partial charge is 0.463 e. The summed E-state index contributed by atoms with van der Waals surface area (Å²) < 4.78 is 43.5. The lowest BCUT2D eigenvalue weighted by Gasteiger charge is -2.24. The van der Waals surface area contributed by atoms with Crippen LogP contribution in [0.2, 0.25) is 0 Å². The number of aliphatic hydroxyl groups excluding tert-OH is 1. The maximum Gasteiger partial charge on any atom is 0.352 e. The summed E-state index contributed by atoms with van der Waals surface area (Å²) in [5, 5.41) is 11.0. The summed E-state index contributed by atoms with van der Waals surface area (Å²) >= 11 is 0. The Balaban J connectivity index is 2.56. The molecule has 0 saturated carbocycles. The Morgan fingerprint density at radius 2 is 0.922 bits per heavy atom. The van der Waals surface area contributed by atoms with E-state index < -0.39 is 54.9 Å². The monoisotopic (exact) mass is 728 g/mol. The summed E-state index contributed by atoms with van der Waals surface area (Å²) in [7, 11) is 0. The van der Waals surface area contributed by atoms with E-state index in [2.05, 4.69) is 0 Å². The van der Waals surface area contributed by atoms with Gasteiger partial charge in [0.15, 0.2) is 12.2 Å². The van der Waals surface area contributed by atoms with Gasteiger partial charge in [0.2, 0.25) is 6.10 Å². The Hall–Kier alpha value is -2.16. The molecule has 0 radical (unpaired) electrons. The zero-order chi connectivity index (χ0) is 39.5. The molecule has 1 saturated heterocycles. The SMILES string of the molecule is [2H]CCCCCCCCCCCC(=O)OC[C@@H](O)[C@H]1OC(=O)[C@H](OC(=O)CCCCCCCCCCC[2H])[C@H]1OC(=O)CCCCCCCCCCC[2H]. The number of esters is 4. The highest BCUT2D eigenvalue weighted by Gasteiger charge is 2.53. The Kier molecular flexibility index (Phi) is 26.5. The van der Waals surface area contributed by atoms with Crippen LogP contribution in [0.3, 0.4) is 0 Å². The van der Waals surface area contributed by atoms with Crippen molar-refractivity contribution in [3.63, 3.8) is 0 Å². The first-order valence-corrected chi connectivity index (χ1v) is 20.6. The third-order valence-electron chi connectivity index (χ3n) is 9.57. The summed E-state index contributed by atoms with van der Waals surface area (Å²) in [5.41, 5.74) is 0. The topological polar surface area (TPSA) is 125 Å². The van der Waals surface area contributed by atoms with Crippen molar-refractivity contribution in [1.29, 1.82) is 0 Å². The summed E-state index contributed by atoms with van der Waals surface area (Å²) in [5.74, 6) is -2.54. The van der Waals surface area contributed by atoms with Gasteiger partial charge in [0.25, 0.3) is 0 Å². The minimum Gasteiger partial charge on any atom is -0.463 e. The van der Waals surface area contributed by atoms with Gasteiger partial charge in [-0.05, 0) is 19.3 Å². The fraction of sp³-hybridized carbons (Fsp3) is 0.905. The van der Waals surface area contributed by atoms with Crippen LogP contribution in [-0.2, 0) is 38.1 Å².